The number of aromatic carboxylic acids is 1. The number of carboxylic acid groups (broad SMARTS) is 1. The minimum absolute atomic E-state index is 0.170. The van der Waals surface area contributed by atoms with E-state index in [4.69, 9.17) is 9.52 Å². The third-order valence-corrected chi connectivity index (χ3v) is 2.79. The van der Waals surface area contributed by atoms with Crippen LogP contribution in [-0.2, 0) is 13.1 Å². The summed E-state index contributed by atoms with van der Waals surface area (Å²) in [5, 5.41) is 12.0. The number of hydrogen-bond donors (Lipinski definition) is 2. The predicted octanol–water partition coefficient (Wildman–Crippen LogP) is 2.65. The zero-order chi connectivity index (χ0) is 14.5. The maximum atomic E-state index is 10.8. The smallest absolute Gasteiger partial charge is 0.338 e. The second-order valence-corrected chi connectivity index (χ2v) is 4.90. The van der Waals surface area contributed by atoms with E-state index < -0.39 is 5.97 Å². The molecule has 0 fully saturated rings. The first-order valence-electron chi connectivity index (χ1n) is 6.33. The number of nitrogens with zero attached hydrogens (tertiary/aromatic N) is 1. The molecule has 5 nitrogen and oxygen atoms in total. The molecule has 20 heavy (non-hydrogen) atoms. The quantitative estimate of drug-likeness (QED) is 0.847. The van der Waals surface area contributed by atoms with E-state index in [1.165, 1.54) is 17.9 Å². The molecule has 0 radical (unpaired) electrons. The summed E-state index contributed by atoms with van der Waals surface area (Å²) < 4.78 is 5.19. The Morgan fingerprint density at radius 2 is 2.15 bits per heavy atom. The molecule has 2 aromatic rings. The van der Waals surface area contributed by atoms with Crippen molar-refractivity contribution in [2.24, 2.45) is 0 Å². The van der Waals surface area contributed by atoms with Gasteiger partial charge >= 0.3 is 5.97 Å². The number of hydrogen-bond acceptors (Lipinski definition) is 4. The molecule has 0 amide bonds. The molecule has 0 aliphatic rings. The van der Waals surface area contributed by atoms with E-state index in [0.717, 1.165) is 12.2 Å². The van der Waals surface area contributed by atoms with E-state index >= 15 is 0 Å². The Labute approximate surface area is 117 Å². The van der Waals surface area contributed by atoms with Gasteiger partial charge < -0.3 is 19.7 Å². The van der Waals surface area contributed by atoms with Gasteiger partial charge in [0.1, 0.15) is 12.0 Å². The normalized spacial score (nSPS) is 10.8. The van der Waals surface area contributed by atoms with Crippen LogP contribution in [0.4, 0.5) is 5.69 Å². The van der Waals surface area contributed by atoms with Gasteiger partial charge in [0.2, 0.25) is 0 Å². The van der Waals surface area contributed by atoms with E-state index in [0.29, 0.717) is 12.3 Å². The highest BCUT2D eigenvalue weighted by Crippen LogP contribution is 2.14. The molecule has 2 N–H and O–H groups in total. The molecule has 1 aromatic heterocycles. The van der Waals surface area contributed by atoms with Gasteiger partial charge in [-0.05, 0) is 37.9 Å². The Bertz CT molecular complexity index is 590. The van der Waals surface area contributed by atoms with Crippen molar-refractivity contribution in [2.75, 3.05) is 19.4 Å². The highest BCUT2D eigenvalue weighted by molar-refractivity contribution is 5.87. The fraction of sp³-hybridized carbons (Fsp3) is 0.267. The van der Waals surface area contributed by atoms with Crippen LogP contribution in [0.1, 0.15) is 21.7 Å². The van der Waals surface area contributed by atoms with E-state index in [9.17, 15) is 4.79 Å². The molecule has 0 aliphatic heterocycles. The van der Waals surface area contributed by atoms with E-state index in [-0.39, 0.29) is 5.56 Å². The average Bonchev–Trinajstić information content (AvgIpc) is 2.85. The Hall–Kier alpha value is -2.27. The van der Waals surface area contributed by atoms with Gasteiger partial charge in [0, 0.05) is 12.2 Å². The van der Waals surface area contributed by atoms with Crippen molar-refractivity contribution < 1.29 is 14.3 Å². The van der Waals surface area contributed by atoms with Crippen LogP contribution in [0.15, 0.2) is 41.0 Å². The molecular formula is C15H18N2O3. The van der Waals surface area contributed by atoms with Gasteiger partial charge in [-0.25, -0.2) is 4.79 Å². The van der Waals surface area contributed by atoms with Crippen LogP contribution in [-0.4, -0.2) is 30.1 Å². The van der Waals surface area contributed by atoms with Crippen molar-refractivity contribution in [1.82, 2.24) is 4.90 Å². The predicted molar refractivity (Wildman–Crippen MR) is 76.8 cm³/mol. The number of carbonyl (C=O) groups is 1. The molecule has 1 aromatic carbocycles. The van der Waals surface area contributed by atoms with Crippen molar-refractivity contribution in [3.8, 4) is 0 Å². The number of rotatable bonds is 6. The van der Waals surface area contributed by atoms with Crippen molar-refractivity contribution >= 4 is 11.7 Å². The number of nitrogens with one attached hydrogen (secondary N) is 1. The standard InChI is InChI=1S/C15H18N2O3/c1-17(2)9-11-4-3-5-13(6-11)16-8-14-7-12(10-20-14)15(18)19/h3-7,10,16H,8-9H2,1-2H3,(H,18,19). The summed E-state index contributed by atoms with van der Waals surface area (Å²) >= 11 is 0. The van der Waals surface area contributed by atoms with Crippen LogP contribution in [0.5, 0.6) is 0 Å². The Kier molecular flexibility index (Phi) is 4.42. The SMILES string of the molecule is CN(C)Cc1cccc(NCc2cc(C(=O)O)co2)c1. The fourth-order valence-corrected chi connectivity index (χ4v) is 1.92. The van der Waals surface area contributed by atoms with Crippen molar-refractivity contribution in [3.63, 3.8) is 0 Å². The molecule has 2 rings (SSSR count). The Morgan fingerprint density at radius 3 is 2.80 bits per heavy atom. The molecule has 0 aliphatic carbocycles. The Balaban J connectivity index is 1.97. The summed E-state index contributed by atoms with van der Waals surface area (Å²) in [6.45, 7) is 1.33. The first-order chi connectivity index (χ1) is 9.54. The summed E-state index contributed by atoms with van der Waals surface area (Å²) in [5.41, 5.74) is 2.37. The minimum Gasteiger partial charge on any atom is -0.478 e. The summed E-state index contributed by atoms with van der Waals surface area (Å²) in [5.74, 6) is -0.381. The van der Waals surface area contributed by atoms with Gasteiger partial charge in [-0.2, -0.15) is 0 Å². The average molecular weight is 274 g/mol. The third kappa shape index (κ3) is 3.86. The zero-order valence-electron chi connectivity index (χ0n) is 11.6. The molecule has 5 heteroatoms. The molecule has 1 heterocycles. The molecule has 106 valence electrons. The number of furan rings is 1. The topological polar surface area (TPSA) is 65.7 Å². The largest absolute Gasteiger partial charge is 0.478 e. The lowest BCUT2D eigenvalue weighted by molar-refractivity contribution is 0.0696. The highest BCUT2D eigenvalue weighted by atomic mass is 16.4. The summed E-state index contributed by atoms with van der Waals surface area (Å²) in [4.78, 5) is 12.9. The number of benzene rings is 1. The molecule has 0 spiro atoms. The second kappa shape index (κ2) is 6.25. The summed E-state index contributed by atoms with van der Waals surface area (Å²) in [6.07, 6.45) is 1.25. The summed E-state index contributed by atoms with van der Waals surface area (Å²) in [6, 6.07) is 9.63. The van der Waals surface area contributed by atoms with E-state index in [1.807, 2.05) is 26.2 Å². The molecule has 0 atom stereocenters. The van der Waals surface area contributed by atoms with Gasteiger partial charge in [-0.1, -0.05) is 12.1 Å². The van der Waals surface area contributed by atoms with Gasteiger partial charge in [0.15, 0.2) is 0 Å². The maximum absolute atomic E-state index is 10.8. The minimum atomic E-state index is -0.979. The second-order valence-electron chi connectivity index (χ2n) is 4.90. The number of carboxylic acids is 1. The van der Waals surface area contributed by atoms with E-state index in [1.54, 1.807) is 0 Å². The van der Waals surface area contributed by atoms with Gasteiger partial charge in [-0.15, -0.1) is 0 Å². The molecular weight excluding hydrogens is 256 g/mol. The van der Waals surface area contributed by atoms with Crippen molar-refractivity contribution in [1.29, 1.82) is 0 Å². The van der Waals surface area contributed by atoms with Crippen LogP contribution in [0.3, 0.4) is 0 Å². The van der Waals surface area contributed by atoms with Gasteiger partial charge in [0.25, 0.3) is 0 Å². The van der Waals surface area contributed by atoms with Crippen LogP contribution >= 0.6 is 0 Å². The molecule has 0 saturated heterocycles. The van der Waals surface area contributed by atoms with Crippen molar-refractivity contribution in [2.45, 2.75) is 13.1 Å². The van der Waals surface area contributed by atoms with Crippen LogP contribution in [0, 0.1) is 0 Å². The zero-order valence-corrected chi connectivity index (χ0v) is 11.6. The first-order valence-corrected chi connectivity index (χ1v) is 6.33. The van der Waals surface area contributed by atoms with Crippen LogP contribution < -0.4 is 5.32 Å². The van der Waals surface area contributed by atoms with Gasteiger partial charge in [0.05, 0.1) is 12.1 Å². The lowest BCUT2D eigenvalue weighted by Crippen LogP contribution is -2.10. The molecule has 0 unspecified atom stereocenters. The lowest BCUT2D eigenvalue weighted by atomic mass is 10.2. The molecule has 0 saturated carbocycles. The first kappa shape index (κ1) is 14.1. The highest BCUT2D eigenvalue weighted by Gasteiger charge is 2.07. The fourth-order valence-electron chi connectivity index (χ4n) is 1.92. The summed E-state index contributed by atoms with van der Waals surface area (Å²) in [7, 11) is 4.05. The molecule has 0 bridgehead atoms. The third-order valence-electron chi connectivity index (χ3n) is 2.79. The lowest BCUT2D eigenvalue weighted by Gasteiger charge is -2.11. The maximum Gasteiger partial charge on any atom is 0.338 e. The van der Waals surface area contributed by atoms with E-state index in [2.05, 4.69) is 22.3 Å². The Morgan fingerprint density at radius 1 is 1.35 bits per heavy atom. The monoisotopic (exact) mass is 274 g/mol. The van der Waals surface area contributed by atoms with Crippen molar-refractivity contribution in [3.05, 3.63) is 53.5 Å². The van der Waals surface area contributed by atoms with Gasteiger partial charge in [-0.3, -0.25) is 0 Å². The number of anilines is 1. The van der Waals surface area contributed by atoms with Crippen LogP contribution in [0.2, 0.25) is 0 Å². The van der Waals surface area contributed by atoms with Crippen LogP contribution in [0.25, 0.3) is 0 Å².